The highest BCUT2D eigenvalue weighted by atomic mass is 16.5. The summed E-state index contributed by atoms with van der Waals surface area (Å²) in [5.41, 5.74) is 1.83. The summed E-state index contributed by atoms with van der Waals surface area (Å²) < 4.78 is 7.92. The van der Waals surface area contributed by atoms with Gasteiger partial charge in [-0.2, -0.15) is 0 Å². The van der Waals surface area contributed by atoms with E-state index in [2.05, 4.69) is 15.7 Å². The number of carbonyl (C=O) groups is 1. The number of methoxy groups -OCH3 is 1. The first-order chi connectivity index (χ1) is 14.2. The first kappa shape index (κ1) is 20.2. The summed E-state index contributed by atoms with van der Waals surface area (Å²) in [6.45, 7) is 4.85. The molecule has 2 fully saturated rings. The van der Waals surface area contributed by atoms with E-state index < -0.39 is 0 Å². The molecule has 0 bridgehead atoms. The molecule has 4 rings (SSSR count). The topological polar surface area (TPSA) is 57.9 Å². The van der Waals surface area contributed by atoms with Gasteiger partial charge in [0, 0.05) is 50.9 Å². The van der Waals surface area contributed by atoms with E-state index in [0.717, 1.165) is 41.9 Å². The number of aliphatic hydroxyl groups is 1. The van der Waals surface area contributed by atoms with Gasteiger partial charge in [-0.25, -0.2) is 0 Å². The molecule has 6 nitrogen and oxygen atoms in total. The average Bonchev–Trinajstić information content (AvgIpc) is 3.13. The standard InChI is InChI=1S/C23H33N3O3/c1-29-21-9-5-8-19-20(23(28)25-12-10-24(11-13-25)14-15-27)17-26(22(19)21)16-18-6-3-2-4-7-18/h5,8-9,17-18,27H,2-4,6-7,10-16H2,1H3. The Balaban J connectivity index is 1.61. The van der Waals surface area contributed by atoms with Gasteiger partial charge in [-0.1, -0.05) is 31.4 Å². The minimum atomic E-state index is 0.106. The van der Waals surface area contributed by atoms with E-state index in [9.17, 15) is 4.79 Å². The number of piperazine rings is 1. The number of hydrogen-bond donors (Lipinski definition) is 1. The second-order valence-electron chi connectivity index (χ2n) is 8.41. The van der Waals surface area contributed by atoms with Gasteiger partial charge in [0.05, 0.1) is 24.8 Å². The van der Waals surface area contributed by atoms with Crippen LogP contribution < -0.4 is 4.74 Å². The highest BCUT2D eigenvalue weighted by Gasteiger charge is 2.26. The Morgan fingerprint density at radius 3 is 2.59 bits per heavy atom. The zero-order valence-corrected chi connectivity index (χ0v) is 17.5. The highest BCUT2D eigenvalue weighted by molar-refractivity contribution is 6.08. The molecular formula is C23H33N3O3. The number of fused-ring (bicyclic) bond motifs is 1. The fourth-order valence-electron chi connectivity index (χ4n) is 4.94. The van der Waals surface area contributed by atoms with Crippen LogP contribution in [0.15, 0.2) is 24.4 Å². The Labute approximate surface area is 173 Å². The normalized spacial score (nSPS) is 19.0. The summed E-state index contributed by atoms with van der Waals surface area (Å²) in [5.74, 6) is 1.62. The largest absolute Gasteiger partial charge is 0.495 e. The number of nitrogens with zero attached hydrogens (tertiary/aromatic N) is 3. The lowest BCUT2D eigenvalue weighted by Gasteiger charge is -2.34. The lowest BCUT2D eigenvalue weighted by atomic mass is 9.89. The van der Waals surface area contributed by atoms with Crippen LogP contribution in [0, 0.1) is 5.92 Å². The lowest BCUT2D eigenvalue weighted by Crippen LogP contribution is -2.49. The molecule has 2 aliphatic rings. The quantitative estimate of drug-likeness (QED) is 0.811. The molecule has 0 spiro atoms. The molecule has 2 heterocycles. The van der Waals surface area contributed by atoms with Gasteiger partial charge in [-0.05, 0) is 24.8 Å². The molecule has 1 amide bonds. The van der Waals surface area contributed by atoms with Crippen molar-refractivity contribution >= 4 is 16.8 Å². The number of ether oxygens (including phenoxy) is 1. The number of β-amino-alcohol motifs (C(OH)–C–C–N with tert-alkyl or cyclic N) is 1. The molecule has 1 N–H and O–H groups in total. The Hall–Kier alpha value is -2.05. The van der Waals surface area contributed by atoms with Crippen molar-refractivity contribution in [3.05, 3.63) is 30.0 Å². The van der Waals surface area contributed by atoms with Gasteiger partial charge in [0.1, 0.15) is 5.75 Å². The number of benzene rings is 1. The van der Waals surface area contributed by atoms with Crippen molar-refractivity contribution in [2.75, 3.05) is 46.4 Å². The van der Waals surface area contributed by atoms with E-state index in [1.807, 2.05) is 23.1 Å². The number of hydrogen-bond acceptors (Lipinski definition) is 4. The molecule has 29 heavy (non-hydrogen) atoms. The molecule has 0 radical (unpaired) electrons. The third-order valence-electron chi connectivity index (χ3n) is 6.57. The summed E-state index contributed by atoms with van der Waals surface area (Å²) in [7, 11) is 1.70. The fourth-order valence-corrected chi connectivity index (χ4v) is 4.94. The molecule has 1 aliphatic carbocycles. The lowest BCUT2D eigenvalue weighted by molar-refractivity contribution is 0.0616. The van der Waals surface area contributed by atoms with Gasteiger partial charge >= 0.3 is 0 Å². The van der Waals surface area contributed by atoms with Crippen molar-refractivity contribution in [3.63, 3.8) is 0 Å². The molecule has 1 saturated carbocycles. The van der Waals surface area contributed by atoms with Crippen molar-refractivity contribution < 1.29 is 14.6 Å². The van der Waals surface area contributed by atoms with Crippen LogP contribution in [0.25, 0.3) is 10.9 Å². The number of para-hydroxylation sites is 1. The Morgan fingerprint density at radius 2 is 1.90 bits per heavy atom. The van der Waals surface area contributed by atoms with Crippen molar-refractivity contribution in [1.29, 1.82) is 0 Å². The van der Waals surface area contributed by atoms with Gasteiger partial charge in [0.2, 0.25) is 0 Å². The monoisotopic (exact) mass is 399 g/mol. The van der Waals surface area contributed by atoms with Crippen LogP contribution in [-0.2, 0) is 6.54 Å². The first-order valence-electron chi connectivity index (χ1n) is 11.0. The number of aromatic nitrogens is 1. The predicted molar refractivity (Wildman–Crippen MR) is 114 cm³/mol. The SMILES string of the molecule is COc1cccc2c(C(=O)N3CCN(CCO)CC3)cn(CC3CCCCC3)c12. The van der Waals surface area contributed by atoms with Crippen LogP contribution in [0.2, 0.25) is 0 Å². The van der Waals surface area contributed by atoms with Crippen LogP contribution >= 0.6 is 0 Å². The van der Waals surface area contributed by atoms with Crippen molar-refractivity contribution in [2.24, 2.45) is 5.92 Å². The molecule has 6 heteroatoms. The summed E-state index contributed by atoms with van der Waals surface area (Å²) >= 11 is 0. The Morgan fingerprint density at radius 1 is 1.14 bits per heavy atom. The molecule has 1 aliphatic heterocycles. The molecule has 1 aromatic heterocycles. The van der Waals surface area contributed by atoms with Gasteiger partial charge in [0.25, 0.3) is 5.91 Å². The number of aliphatic hydroxyl groups excluding tert-OH is 1. The molecular weight excluding hydrogens is 366 g/mol. The van der Waals surface area contributed by atoms with Crippen molar-refractivity contribution in [3.8, 4) is 5.75 Å². The minimum absolute atomic E-state index is 0.106. The number of amides is 1. The second-order valence-corrected chi connectivity index (χ2v) is 8.41. The van der Waals surface area contributed by atoms with E-state index >= 15 is 0 Å². The third-order valence-corrected chi connectivity index (χ3v) is 6.57. The van der Waals surface area contributed by atoms with Crippen molar-refractivity contribution in [1.82, 2.24) is 14.4 Å². The van der Waals surface area contributed by atoms with E-state index in [1.165, 1.54) is 32.1 Å². The van der Waals surface area contributed by atoms with Gasteiger partial charge in [0.15, 0.2) is 0 Å². The van der Waals surface area contributed by atoms with Crippen LogP contribution in [0.1, 0.15) is 42.5 Å². The van der Waals surface area contributed by atoms with E-state index in [0.29, 0.717) is 25.6 Å². The number of carbonyl (C=O) groups excluding carboxylic acids is 1. The third kappa shape index (κ3) is 4.28. The maximum Gasteiger partial charge on any atom is 0.256 e. The molecule has 1 aromatic carbocycles. The van der Waals surface area contributed by atoms with Gasteiger partial charge in [-0.15, -0.1) is 0 Å². The molecule has 2 aromatic rings. The first-order valence-corrected chi connectivity index (χ1v) is 11.0. The Bertz CT molecular complexity index is 833. The minimum Gasteiger partial charge on any atom is -0.495 e. The van der Waals surface area contributed by atoms with Crippen LogP contribution in [0.5, 0.6) is 5.75 Å². The Kier molecular flexibility index (Phi) is 6.40. The van der Waals surface area contributed by atoms with Crippen molar-refractivity contribution in [2.45, 2.75) is 38.6 Å². The fraction of sp³-hybridized carbons (Fsp3) is 0.609. The van der Waals surface area contributed by atoms with Gasteiger partial charge < -0.3 is 19.3 Å². The summed E-state index contributed by atoms with van der Waals surface area (Å²) in [6, 6.07) is 6.01. The highest BCUT2D eigenvalue weighted by Crippen LogP contribution is 2.33. The van der Waals surface area contributed by atoms with E-state index in [4.69, 9.17) is 9.84 Å². The summed E-state index contributed by atoms with van der Waals surface area (Å²) in [4.78, 5) is 17.5. The van der Waals surface area contributed by atoms with Gasteiger partial charge in [-0.3, -0.25) is 9.69 Å². The van der Waals surface area contributed by atoms with Crippen LogP contribution in [0.4, 0.5) is 0 Å². The zero-order valence-electron chi connectivity index (χ0n) is 17.5. The van der Waals surface area contributed by atoms with E-state index in [-0.39, 0.29) is 12.5 Å². The molecule has 1 saturated heterocycles. The summed E-state index contributed by atoms with van der Waals surface area (Å²) in [5, 5.41) is 10.1. The second kappa shape index (κ2) is 9.18. The summed E-state index contributed by atoms with van der Waals surface area (Å²) in [6.07, 6.45) is 8.56. The predicted octanol–water partition coefficient (Wildman–Crippen LogP) is 2.98. The zero-order chi connectivity index (χ0) is 20.2. The molecule has 0 unspecified atom stereocenters. The van der Waals surface area contributed by atoms with E-state index in [1.54, 1.807) is 7.11 Å². The molecule has 158 valence electrons. The average molecular weight is 400 g/mol. The maximum absolute atomic E-state index is 13.4. The maximum atomic E-state index is 13.4. The van der Waals surface area contributed by atoms with Crippen LogP contribution in [0.3, 0.4) is 0 Å². The molecule has 0 atom stereocenters. The van der Waals surface area contributed by atoms with Crippen LogP contribution in [-0.4, -0.2) is 71.8 Å². The number of rotatable bonds is 6. The smallest absolute Gasteiger partial charge is 0.256 e.